The summed E-state index contributed by atoms with van der Waals surface area (Å²) in [4.78, 5) is 15.0. The molecule has 0 spiro atoms. The van der Waals surface area contributed by atoms with Crippen molar-refractivity contribution in [1.82, 2.24) is 15.0 Å². The molecule has 1 heterocycles. The van der Waals surface area contributed by atoms with Crippen molar-refractivity contribution in [3.05, 3.63) is 182 Å². The van der Waals surface area contributed by atoms with Crippen LogP contribution in [-0.2, 0) is 0 Å². The summed E-state index contributed by atoms with van der Waals surface area (Å²) in [5, 5.41) is 1.48. The Kier molecular flexibility index (Phi) is 8.98. The molecule has 3 nitrogen and oxygen atoms in total. The zero-order valence-corrected chi connectivity index (χ0v) is 30.7. The minimum Gasteiger partial charge on any atom is -0.208 e. The van der Waals surface area contributed by atoms with Crippen LogP contribution in [-0.4, -0.2) is 23.0 Å². The zero-order valence-electron chi connectivity index (χ0n) is 29.7. The molecule has 0 fully saturated rings. The van der Waals surface area contributed by atoms with E-state index in [0.29, 0.717) is 17.5 Å². The average Bonchev–Trinajstić information content (AvgIpc) is 3.21. The van der Waals surface area contributed by atoms with Gasteiger partial charge < -0.3 is 0 Å². The summed E-state index contributed by atoms with van der Waals surface area (Å²) in [6.45, 7) is 7.17. The van der Waals surface area contributed by atoms with Crippen LogP contribution >= 0.6 is 0 Å². The lowest BCUT2D eigenvalue weighted by Crippen LogP contribution is -2.37. The van der Waals surface area contributed by atoms with Gasteiger partial charge in [0.15, 0.2) is 17.5 Å². The van der Waals surface area contributed by atoms with Crippen molar-refractivity contribution in [2.45, 2.75) is 19.6 Å². The van der Waals surface area contributed by atoms with Crippen LogP contribution < -0.4 is 5.19 Å². The number of benzene rings is 7. The van der Waals surface area contributed by atoms with Gasteiger partial charge in [-0.05, 0) is 62.7 Å². The Labute approximate surface area is 307 Å². The maximum atomic E-state index is 5.04. The largest absolute Gasteiger partial charge is 0.208 e. The van der Waals surface area contributed by atoms with Crippen molar-refractivity contribution in [3.8, 4) is 78.7 Å². The van der Waals surface area contributed by atoms with Gasteiger partial charge in [0.05, 0.1) is 8.07 Å². The lowest BCUT2D eigenvalue weighted by atomic mass is 9.95. The van der Waals surface area contributed by atoms with Gasteiger partial charge in [-0.25, -0.2) is 15.0 Å². The van der Waals surface area contributed by atoms with Crippen molar-refractivity contribution < 1.29 is 0 Å². The monoisotopic (exact) mass is 685 g/mol. The van der Waals surface area contributed by atoms with Crippen LogP contribution in [0.2, 0.25) is 19.6 Å². The van der Waals surface area contributed by atoms with E-state index in [4.69, 9.17) is 15.0 Å². The van der Waals surface area contributed by atoms with E-state index in [9.17, 15) is 0 Å². The molecular formula is C48H39N3Si. The molecule has 0 radical (unpaired) electrons. The minimum atomic E-state index is -1.35. The fourth-order valence-electron chi connectivity index (χ4n) is 6.55. The Morgan fingerprint density at radius 1 is 0.269 bits per heavy atom. The highest BCUT2D eigenvalue weighted by Gasteiger charge is 2.16. The molecule has 0 unspecified atom stereocenters. The van der Waals surface area contributed by atoms with E-state index >= 15 is 0 Å². The third kappa shape index (κ3) is 7.16. The fraction of sp³-hybridized carbons (Fsp3) is 0.0625. The molecule has 0 amide bonds. The third-order valence-electron chi connectivity index (χ3n) is 9.51. The molecule has 1 aromatic heterocycles. The molecule has 0 bridgehead atoms. The standard InChI is InChI=1S/C48H39N3Si/c1-52(2,3)45-29-27-36(28-30-45)39-17-10-18-40(31-39)41-19-11-20-42(32-41)43-21-12-22-44(33-43)48-50-46(37-15-8-5-9-16-37)49-47(51-48)38-25-23-35(24-26-38)34-13-6-4-7-14-34/h4-33H,1-3H3. The van der Waals surface area contributed by atoms with Crippen LogP contribution in [0.1, 0.15) is 0 Å². The first kappa shape index (κ1) is 32.9. The number of rotatable bonds is 8. The quantitative estimate of drug-likeness (QED) is 0.149. The Hall–Kier alpha value is -6.23. The molecule has 7 aromatic carbocycles. The van der Waals surface area contributed by atoms with Crippen molar-refractivity contribution in [2.24, 2.45) is 0 Å². The van der Waals surface area contributed by atoms with Crippen molar-refractivity contribution in [1.29, 1.82) is 0 Å². The van der Waals surface area contributed by atoms with Crippen LogP contribution in [0, 0.1) is 0 Å². The van der Waals surface area contributed by atoms with E-state index in [1.807, 2.05) is 36.4 Å². The Morgan fingerprint density at radius 3 is 1.04 bits per heavy atom. The summed E-state index contributed by atoms with van der Waals surface area (Å²) < 4.78 is 0. The van der Waals surface area contributed by atoms with E-state index in [1.165, 1.54) is 33.0 Å². The predicted molar refractivity (Wildman–Crippen MR) is 221 cm³/mol. The molecule has 0 N–H and O–H groups in total. The van der Waals surface area contributed by atoms with Gasteiger partial charge >= 0.3 is 0 Å². The molecule has 8 aromatic rings. The van der Waals surface area contributed by atoms with Gasteiger partial charge in [0.2, 0.25) is 0 Å². The molecule has 0 saturated heterocycles. The van der Waals surface area contributed by atoms with E-state index in [2.05, 4.69) is 165 Å². The summed E-state index contributed by atoms with van der Waals surface area (Å²) in [6, 6.07) is 64.2. The lowest BCUT2D eigenvalue weighted by molar-refractivity contribution is 1.07. The molecule has 4 heteroatoms. The average molecular weight is 686 g/mol. The SMILES string of the molecule is C[Si](C)(C)c1ccc(-c2cccc(-c3cccc(-c4cccc(-c5nc(-c6ccccc6)nc(-c6ccc(-c7ccccc7)cc6)n5)c4)c3)c2)cc1. The highest BCUT2D eigenvalue weighted by Crippen LogP contribution is 2.32. The maximum absolute atomic E-state index is 5.04. The molecule has 0 aliphatic rings. The predicted octanol–water partition coefficient (Wildman–Crippen LogP) is 12.1. The van der Waals surface area contributed by atoms with Gasteiger partial charge in [0.1, 0.15) is 0 Å². The second-order valence-corrected chi connectivity index (χ2v) is 19.3. The molecule has 8 rings (SSSR count). The van der Waals surface area contributed by atoms with Crippen LogP contribution in [0.5, 0.6) is 0 Å². The van der Waals surface area contributed by atoms with E-state index in [-0.39, 0.29) is 0 Å². The van der Waals surface area contributed by atoms with Crippen LogP contribution in [0.15, 0.2) is 182 Å². The normalized spacial score (nSPS) is 11.4. The van der Waals surface area contributed by atoms with Crippen LogP contribution in [0.25, 0.3) is 78.7 Å². The first-order chi connectivity index (χ1) is 25.4. The Morgan fingerprint density at radius 2 is 0.558 bits per heavy atom. The number of hydrogen-bond donors (Lipinski definition) is 0. The molecule has 0 aliphatic carbocycles. The summed E-state index contributed by atoms with van der Waals surface area (Å²) in [6.07, 6.45) is 0. The van der Waals surface area contributed by atoms with Gasteiger partial charge in [-0.3, -0.25) is 0 Å². The molecule has 250 valence electrons. The topological polar surface area (TPSA) is 38.7 Å². The molecule has 0 atom stereocenters. The second kappa shape index (κ2) is 14.2. The van der Waals surface area contributed by atoms with Crippen molar-refractivity contribution >= 4 is 13.3 Å². The first-order valence-electron chi connectivity index (χ1n) is 17.8. The summed E-state index contributed by atoms with van der Waals surface area (Å²) in [5.41, 5.74) is 12.2. The van der Waals surface area contributed by atoms with Gasteiger partial charge in [-0.2, -0.15) is 0 Å². The number of hydrogen-bond acceptors (Lipinski definition) is 3. The van der Waals surface area contributed by atoms with Gasteiger partial charge in [0.25, 0.3) is 0 Å². The van der Waals surface area contributed by atoms with Gasteiger partial charge in [0, 0.05) is 16.7 Å². The minimum absolute atomic E-state index is 0.641. The lowest BCUT2D eigenvalue weighted by Gasteiger charge is -2.17. The van der Waals surface area contributed by atoms with Gasteiger partial charge in [-0.15, -0.1) is 0 Å². The summed E-state index contributed by atoms with van der Waals surface area (Å²) >= 11 is 0. The van der Waals surface area contributed by atoms with E-state index in [0.717, 1.165) is 33.4 Å². The van der Waals surface area contributed by atoms with Crippen molar-refractivity contribution in [3.63, 3.8) is 0 Å². The van der Waals surface area contributed by atoms with E-state index in [1.54, 1.807) is 0 Å². The number of aromatic nitrogens is 3. The smallest absolute Gasteiger partial charge is 0.164 e. The summed E-state index contributed by atoms with van der Waals surface area (Å²) in [7, 11) is -1.35. The number of nitrogens with zero attached hydrogens (tertiary/aromatic N) is 3. The maximum Gasteiger partial charge on any atom is 0.164 e. The highest BCUT2D eigenvalue weighted by atomic mass is 28.3. The van der Waals surface area contributed by atoms with Crippen LogP contribution in [0.4, 0.5) is 0 Å². The molecule has 0 saturated carbocycles. The van der Waals surface area contributed by atoms with Crippen molar-refractivity contribution in [2.75, 3.05) is 0 Å². The Balaban J connectivity index is 1.13. The first-order valence-corrected chi connectivity index (χ1v) is 21.3. The summed E-state index contributed by atoms with van der Waals surface area (Å²) in [5.74, 6) is 1.93. The molecule has 52 heavy (non-hydrogen) atoms. The fourth-order valence-corrected chi connectivity index (χ4v) is 7.72. The molecular weight excluding hydrogens is 647 g/mol. The van der Waals surface area contributed by atoms with E-state index < -0.39 is 8.07 Å². The second-order valence-electron chi connectivity index (χ2n) is 14.2. The van der Waals surface area contributed by atoms with Gasteiger partial charge in [-0.1, -0.05) is 189 Å². The van der Waals surface area contributed by atoms with Crippen LogP contribution in [0.3, 0.4) is 0 Å². The highest BCUT2D eigenvalue weighted by molar-refractivity contribution is 6.88. The Bertz CT molecular complexity index is 2470. The zero-order chi connectivity index (χ0) is 35.5. The molecule has 0 aliphatic heterocycles. The third-order valence-corrected chi connectivity index (χ3v) is 11.6.